The molecule has 2 aliphatic heterocycles. The van der Waals surface area contributed by atoms with E-state index in [9.17, 15) is 45.6 Å². The summed E-state index contributed by atoms with van der Waals surface area (Å²) in [7, 11) is 0. The van der Waals surface area contributed by atoms with E-state index in [1.165, 1.54) is 135 Å². The van der Waals surface area contributed by atoms with E-state index < -0.39 is 86.8 Å². The van der Waals surface area contributed by atoms with Gasteiger partial charge in [0, 0.05) is 6.42 Å². The number of ether oxygens (including phenoxy) is 4. The van der Waals surface area contributed by atoms with Crippen molar-refractivity contribution >= 4 is 5.91 Å². The van der Waals surface area contributed by atoms with Crippen LogP contribution in [0.25, 0.3) is 0 Å². The van der Waals surface area contributed by atoms with Crippen molar-refractivity contribution in [3.05, 3.63) is 48.6 Å². The molecule has 0 saturated carbocycles. The smallest absolute Gasteiger partial charge is 0.220 e. The number of hydrogen-bond acceptors (Lipinski definition) is 13. The van der Waals surface area contributed by atoms with Crippen LogP contribution in [-0.4, -0.2) is 140 Å². The highest BCUT2D eigenvalue weighted by atomic mass is 16.7. The lowest BCUT2D eigenvalue weighted by Gasteiger charge is -2.46. The molecule has 2 aliphatic rings. The number of rotatable bonds is 44. The van der Waals surface area contributed by atoms with Crippen LogP contribution >= 0.6 is 0 Å². The predicted octanol–water partition coefficient (Wildman–Crippen LogP) is 8.83. The van der Waals surface area contributed by atoms with Gasteiger partial charge in [0.25, 0.3) is 0 Å². The van der Waals surface area contributed by atoms with Gasteiger partial charge in [-0.25, -0.2) is 0 Å². The molecule has 0 aromatic heterocycles. The maximum atomic E-state index is 13.2. The molecule has 0 bridgehead atoms. The van der Waals surface area contributed by atoms with Gasteiger partial charge in [-0.15, -0.1) is 0 Å². The standard InChI is InChI=1S/C57H103NO13/c1-3-5-7-9-11-13-15-16-17-18-19-20-21-22-23-24-25-26-27-28-29-30-31-33-35-37-39-41-49(62)58-45(46(61)40-38-36-34-32-14-12-10-8-6-4-2)44-68-56-54(67)52(65)55(48(43-60)70-56)71-57-53(66)51(64)50(63)47(42-59)69-57/h15-16,18-19,21-22,38,40,45-48,50-57,59-61,63-67H,3-14,17,20,23-37,39,41-44H2,1-2H3,(H,58,62)/b16-15-,19-18-,22-21-,40-38+. The van der Waals surface area contributed by atoms with Crippen LogP contribution in [0, 0.1) is 0 Å². The minimum Gasteiger partial charge on any atom is -0.394 e. The highest BCUT2D eigenvalue weighted by Gasteiger charge is 2.51. The number of carbonyl (C=O) groups is 1. The summed E-state index contributed by atoms with van der Waals surface area (Å²) in [5.74, 6) is -0.244. The van der Waals surface area contributed by atoms with E-state index in [4.69, 9.17) is 18.9 Å². The van der Waals surface area contributed by atoms with E-state index >= 15 is 0 Å². The normalized spacial score (nSPS) is 26.1. The van der Waals surface area contributed by atoms with Crippen LogP contribution in [0.3, 0.4) is 0 Å². The van der Waals surface area contributed by atoms with Crippen molar-refractivity contribution in [2.45, 2.75) is 286 Å². The van der Waals surface area contributed by atoms with Crippen molar-refractivity contribution in [3.63, 3.8) is 0 Å². The van der Waals surface area contributed by atoms with E-state index in [0.29, 0.717) is 6.42 Å². The SMILES string of the molecule is CCCCCCC/C=C\C/C=C\C/C=C\CCCCCCCCCCCCCCC(=O)NC(COC1OC(CO)C(OC2OC(CO)C(O)C(O)C2O)C(O)C1O)C(O)/C=C/CCCCCCCCCC. The van der Waals surface area contributed by atoms with Gasteiger partial charge >= 0.3 is 0 Å². The Morgan fingerprint density at radius 1 is 0.507 bits per heavy atom. The Hall–Kier alpha value is -2.05. The maximum Gasteiger partial charge on any atom is 0.220 e. The number of allylic oxidation sites excluding steroid dienone is 7. The molecule has 14 nitrogen and oxygen atoms in total. The van der Waals surface area contributed by atoms with Crippen molar-refractivity contribution in [1.29, 1.82) is 0 Å². The van der Waals surface area contributed by atoms with Gasteiger partial charge in [0.15, 0.2) is 12.6 Å². The molecule has 14 heteroatoms. The third-order valence-corrected chi connectivity index (χ3v) is 13.8. The van der Waals surface area contributed by atoms with E-state index in [-0.39, 0.29) is 18.9 Å². The number of unbranched alkanes of at least 4 members (excludes halogenated alkanes) is 25. The van der Waals surface area contributed by atoms with Gasteiger partial charge in [0.05, 0.1) is 32.0 Å². The monoisotopic (exact) mass is 1010 g/mol. The summed E-state index contributed by atoms with van der Waals surface area (Å²) < 4.78 is 22.7. The summed E-state index contributed by atoms with van der Waals surface area (Å²) in [5, 5.41) is 86.8. The first kappa shape index (κ1) is 65.1. The molecule has 0 aromatic rings. The third-order valence-electron chi connectivity index (χ3n) is 13.8. The minimum atomic E-state index is -1.79. The Labute approximate surface area is 429 Å². The topological polar surface area (TPSA) is 228 Å². The number of aliphatic hydroxyl groups is 8. The van der Waals surface area contributed by atoms with Gasteiger partial charge in [-0.2, -0.15) is 0 Å². The van der Waals surface area contributed by atoms with E-state index in [1.807, 2.05) is 6.08 Å². The summed E-state index contributed by atoms with van der Waals surface area (Å²) in [5.41, 5.74) is 0. The molecule has 0 aromatic carbocycles. The van der Waals surface area contributed by atoms with Crippen LogP contribution in [0.5, 0.6) is 0 Å². The fourth-order valence-electron chi connectivity index (χ4n) is 9.12. The van der Waals surface area contributed by atoms with Gasteiger partial charge < -0.3 is 65.1 Å². The molecular weight excluding hydrogens is 907 g/mol. The molecule has 2 rings (SSSR count). The largest absolute Gasteiger partial charge is 0.394 e. The molecule has 2 heterocycles. The first-order valence-electron chi connectivity index (χ1n) is 28.4. The molecule has 0 radical (unpaired) electrons. The second kappa shape index (κ2) is 43.2. The summed E-state index contributed by atoms with van der Waals surface area (Å²) >= 11 is 0. The van der Waals surface area contributed by atoms with Crippen LogP contribution < -0.4 is 5.32 Å². The molecule has 414 valence electrons. The highest BCUT2D eigenvalue weighted by molar-refractivity contribution is 5.76. The van der Waals surface area contributed by atoms with Gasteiger partial charge in [0.1, 0.15) is 48.8 Å². The number of hydrogen-bond donors (Lipinski definition) is 9. The van der Waals surface area contributed by atoms with E-state index in [1.54, 1.807) is 6.08 Å². The molecular formula is C57H103NO13. The molecule has 12 atom stereocenters. The Morgan fingerprint density at radius 3 is 1.42 bits per heavy atom. The fourth-order valence-corrected chi connectivity index (χ4v) is 9.12. The predicted molar refractivity (Wildman–Crippen MR) is 281 cm³/mol. The Kier molecular flexibility index (Phi) is 39.6. The van der Waals surface area contributed by atoms with E-state index in [0.717, 1.165) is 51.4 Å². The number of carbonyl (C=O) groups excluding carboxylic acids is 1. The summed E-state index contributed by atoms with van der Waals surface area (Å²) in [6.07, 6.45) is 35.9. The first-order chi connectivity index (χ1) is 34.6. The van der Waals surface area contributed by atoms with Crippen molar-refractivity contribution in [1.82, 2.24) is 5.32 Å². The molecule has 71 heavy (non-hydrogen) atoms. The van der Waals surface area contributed by atoms with Crippen molar-refractivity contribution < 1.29 is 64.6 Å². The van der Waals surface area contributed by atoms with Crippen molar-refractivity contribution in [3.8, 4) is 0 Å². The quantitative estimate of drug-likeness (QED) is 0.0206. The second-order valence-corrected chi connectivity index (χ2v) is 20.1. The minimum absolute atomic E-state index is 0.244. The summed E-state index contributed by atoms with van der Waals surface area (Å²) in [4.78, 5) is 13.2. The lowest BCUT2D eigenvalue weighted by Crippen LogP contribution is -2.65. The van der Waals surface area contributed by atoms with Crippen LogP contribution in [0.2, 0.25) is 0 Å². The maximum absolute atomic E-state index is 13.2. The average Bonchev–Trinajstić information content (AvgIpc) is 3.37. The second-order valence-electron chi connectivity index (χ2n) is 20.1. The Morgan fingerprint density at radius 2 is 0.930 bits per heavy atom. The molecule has 2 fully saturated rings. The average molecular weight is 1010 g/mol. The Bertz CT molecular complexity index is 1380. The lowest BCUT2D eigenvalue weighted by atomic mass is 9.97. The molecule has 9 N–H and O–H groups in total. The zero-order valence-electron chi connectivity index (χ0n) is 44.2. The number of nitrogens with one attached hydrogen (secondary N) is 1. The van der Waals surface area contributed by atoms with Crippen molar-refractivity contribution in [2.24, 2.45) is 0 Å². The molecule has 2 saturated heterocycles. The molecule has 12 unspecified atom stereocenters. The van der Waals surface area contributed by atoms with Gasteiger partial charge in [0.2, 0.25) is 5.91 Å². The zero-order chi connectivity index (χ0) is 51.7. The lowest BCUT2D eigenvalue weighted by molar-refractivity contribution is -0.359. The summed E-state index contributed by atoms with van der Waals surface area (Å²) in [6.45, 7) is 2.75. The molecule has 1 amide bonds. The van der Waals surface area contributed by atoms with Crippen LogP contribution in [-0.2, 0) is 23.7 Å². The van der Waals surface area contributed by atoms with E-state index in [2.05, 4.69) is 55.6 Å². The van der Waals surface area contributed by atoms with Gasteiger partial charge in [-0.05, 0) is 57.8 Å². The first-order valence-corrected chi connectivity index (χ1v) is 28.4. The van der Waals surface area contributed by atoms with Crippen molar-refractivity contribution in [2.75, 3.05) is 19.8 Å². The Balaban J connectivity index is 1.70. The highest BCUT2D eigenvalue weighted by Crippen LogP contribution is 2.30. The number of amides is 1. The summed E-state index contributed by atoms with van der Waals surface area (Å²) in [6, 6.07) is -0.914. The number of aliphatic hydroxyl groups excluding tert-OH is 8. The van der Waals surface area contributed by atoms with Crippen LogP contribution in [0.4, 0.5) is 0 Å². The zero-order valence-corrected chi connectivity index (χ0v) is 44.2. The van der Waals surface area contributed by atoms with Crippen LogP contribution in [0.1, 0.15) is 213 Å². The third kappa shape index (κ3) is 29.6. The molecule has 0 spiro atoms. The van der Waals surface area contributed by atoms with Crippen LogP contribution in [0.15, 0.2) is 48.6 Å². The molecule has 0 aliphatic carbocycles. The fraction of sp³-hybridized carbons (Fsp3) is 0.842. The van der Waals surface area contributed by atoms with Gasteiger partial charge in [-0.3, -0.25) is 4.79 Å². The van der Waals surface area contributed by atoms with Gasteiger partial charge in [-0.1, -0.05) is 197 Å².